The van der Waals surface area contributed by atoms with Crippen LogP contribution in [0.1, 0.15) is 32.3 Å². The molecule has 0 aromatic heterocycles. The number of carbonyl (C=O) groups is 1. The molecule has 5 N–H and O–H groups in total. The van der Waals surface area contributed by atoms with Crippen LogP contribution in [0.2, 0.25) is 0 Å². The van der Waals surface area contributed by atoms with Crippen LogP contribution in [0, 0.1) is 0 Å². The van der Waals surface area contributed by atoms with Gasteiger partial charge in [-0.2, -0.15) is 0 Å². The zero-order valence-electron chi connectivity index (χ0n) is 12.1. The van der Waals surface area contributed by atoms with E-state index in [9.17, 15) is 0 Å². The van der Waals surface area contributed by atoms with Crippen LogP contribution in [0.3, 0.4) is 0 Å². The van der Waals surface area contributed by atoms with Gasteiger partial charge in [0.1, 0.15) is 0 Å². The van der Waals surface area contributed by atoms with Gasteiger partial charge in [-0.15, -0.1) is 0 Å². The number of aliphatic carboxylic acids is 1. The number of hydrogen-bond acceptors (Lipinski definition) is 5. The highest BCUT2D eigenvalue weighted by molar-refractivity contribution is 5.75. The average molecular weight is 297 g/mol. The third-order valence-electron chi connectivity index (χ3n) is 2.39. The van der Waals surface area contributed by atoms with Gasteiger partial charge in [-0.25, -0.2) is 0 Å². The first-order chi connectivity index (χ1) is 9.82. The fraction of sp³-hybridized carbons (Fsp3) is 0.385. The van der Waals surface area contributed by atoms with Gasteiger partial charge < -0.3 is 30.9 Å². The molecule has 0 radical (unpaired) electrons. The lowest BCUT2D eigenvalue weighted by Gasteiger charge is -2.12. The van der Waals surface area contributed by atoms with E-state index >= 15 is 0 Å². The predicted octanol–water partition coefficient (Wildman–Crippen LogP) is 1.20. The minimum atomic E-state index is -0.833. The number of guanidine groups is 1. The fourth-order valence-corrected chi connectivity index (χ4v) is 1.61. The number of oxime groups is 1. The van der Waals surface area contributed by atoms with Crippen molar-refractivity contribution >= 4 is 11.9 Å². The largest absolute Gasteiger partial charge is 0.481 e. The molecule has 1 aromatic carbocycles. The topological polar surface area (TPSA) is 129 Å². The molecule has 0 bridgehead atoms. The van der Waals surface area contributed by atoms with Crippen LogP contribution in [-0.4, -0.2) is 23.8 Å². The number of rotatable bonds is 3. The predicted molar refractivity (Wildman–Crippen MR) is 76.4 cm³/mol. The molecule has 0 amide bonds. The highest BCUT2D eigenvalue weighted by atomic mass is 16.7. The van der Waals surface area contributed by atoms with E-state index in [1.165, 1.54) is 0 Å². The molecule has 0 atom stereocenters. The summed E-state index contributed by atoms with van der Waals surface area (Å²) in [7, 11) is 0. The molecule has 0 aliphatic carbocycles. The van der Waals surface area contributed by atoms with Gasteiger partial charge in [0.15, 0.2) is 5.75 Å². The Kier molecular flexibility index (Phi) is 5.65. The molecule has 1 aromatic rings. The lowest BCUT2D eigenvalue weighted by molar-refractivity contribution is -0.134. The van der Waals surface area contributed by atoms with Crippen molar-refractivity contribution < 1.29 is 24.2 Å². The van der Waals surface area contributed by atoms with Crippen molar-refractivity contribution in [1.82, 2.24) is 0 Å². The van der Waals surface area contributed by atoms with Crippen molar-refractivity contribution in [3.63, 3.8) is 0 Å². The van der Waals surface area contributed by atoms with Gasteiger partial charge in [-0.05, 0) is 17.1 Å². The Morgan fingerprint density at radius 2 is 2.00 bits per heavy atom. The molecule has 21 heavy (non-hydrogen) atoms. The van der Waals surface area contributed by atoms with Crippen LogP contribution < -0.4 is 25.8 Å². The standard InChI is InChI=1S/C11H15N3O3.C2H4O2/c1-6(2)7-3-4-8-10(16-5-15-8)9(7)17-14-11(12)13;1-2(3)4/h3-4,6H,5H2,1-2H3,(H4,12,13,14);1H3,(H,3,4). The quantitative estimate of drug-likeness (QED) is 0.434. The Morgan fingerprint density at radius 3 is 2.52 bits per heavy atom. The lowest BCUT2D eigenvalue weighted by atomic mass is 10.0. The highest BCUT2D eigenvalue weighted by Crippen LogP contribution is 2.45. The number of nitrogens with zero attached hydrogens (tertiary/aromatic N) is 1. The van der Waals surface area contributed by atoms with E-state index in [-0.39, 0.29) is 18.7 Å². The Labute approximate surface area is 122 Å². The minimum Gasteiger partial charge on any atom is -0.481 e. The normalized spacial score (nSPS) is 11.4. The second kappa shape index (κ2) is 7.22. The fourth-order valence-electron chi connectivity index (χ4n) is 1.61. The van der Waals surface area contributed by atoms with Crippen LogP contribution in [0.5, 0.6) is 17.2 Å². The molecular weight excluding hydrogens is 278 g/mol. The second-order valence-electron chi connectivity index (χ2n) is 4.50. The van der Waals surface area contributed by atoms with Crippen molar-refractivity contribution in [2.45, 2.75) is 26.7 Å². The van der Waals surface area contributed by atoms with Crippen molar-refractivity contribution in [2.24, 2.45) is 16.6 Å². The Morgan fingerprint density at radius 1 is 1.38 bits per heavy atom. The summed E-state index contributed by atoms with van der Waals surface area (Å²) in [5.74, 6) is 0.963. The Bertz CT molecular complexity index is 535. The number of nitrogens with two attached hydrogens (primary N) is 2. The zero-order chi connectivity index (χ0) is 16.0. The monoisotopic (exact) mass is 297 g/mol. The van der Waals surface area contributed by atoms with E-state index in [1.54, 1.807) is 0 Å². The number of carboxylic acids is 1. The average Bonchev–Trinajstić information content (AvgIpc) is 2.82. The molecule has 2 rings (SSSR count). The van der Waals surface area contributed by atoms with Gasteiger partial charge in [0, 0.05) is 12.5 Å². The number of fused-ring (bicyclic) bond motifs is 1. The molecule has 8 heteroatoms. The maximum atomic E-state index is 9.00. The smallest absolute Gasteiger partial charge is 0.300 e. The molecule has 0 unspecified atom stereocenters. The molecule has 1 aliphatic heterocycles. The van der Waals surface area contributed by atoms with E-state index in [4.69, 9.17) is 35.7 Å². The van der Waals surface area contributed by atoms with E-state index in [2.05, 4.69) is 5.16 Å². The third-order valence-corrected chi connectivity index (χ3v) is 2.39. The first kappa shape index (κ1) is 16.4. The van der Waals surface area contributed by atoms with Crippen LogP contribution in [0.25, 0.3) is 0 Å². The van der Waals surface area contributed by atoms with Crippen LogP contribution in [0.4, 0.5) is 0 Å². The van der Waals surface area contributed by atoms with Crippen LogP contribution >= 0.6 is 0 Å². The summed E-state index contributed by atoms with van der Waals surface area (Å²) in [5.41, 5.74) is 11.4. The number of benzene rings is 1. The van der Waals surface area contributed by atoms with E-state index in [1.807, 2.05) is 26.0 Å². The summed E-state index contributed by atoms with van der Waals surface area (Å²) >= 11 is 0. The molecule has 116 valence electrons. The summed E-state index contributed by atoms with van der Waals surface area (Å²) in [6, 6.07) is 3.76. The summed E-state index contributed by atoms with van der Waals surface area (Å²) in [4.78, 5) is 14.2. The van der Waals surface area contributed by atoms with E-state index in [0.717, 1.165) is 12.5 Å². The summed E-state index contributed by atoms with van der Waals surface area (Å²) in [6.07, 6.45) is 0. The lowest BCUT2D eigenvalue weighted by Crippen LogP contribution is -2.23. The number of ether oxygens (including phenoxy) is 2. The molecule has 0 fully saturated rings. The second-order valence-corrected chi connectivity index (χ2v) is 4.50. The van der Waals surface area contributed by atoms with E-state index in [0.29, 0.717) is 17.2 Å². The van der Waals surface area contributed by atoms with Crippen molar-refractivity contribution in [1.29, 1.82) is 0 Å². The van der Waals surface area contributed by atoms with E-state index < -0.39 is 5.97 Å². The van der Waals surface area contributed by atoms with Crippen LogP contribution in [0.15, 0.2) is 17.3 Å². The van der Waals surface area contributed by atoms with Crippen LogP contribution in [-0.2, 0) is 4.79 Å². The molecule has 8 nitrogen and oxygen atoms in total. The molecule has 0 spiro atoms. The van der Waals surface area contributed by atoms with Gasteiger partial charge in [0.05, 0.1) is 0 Å². The first-order valence-corrected chi connectivity index (χ1v) is 6.21. The van der Waals surface area contributed by atoms with Gasteiger partial charge in [0.25, 0.3) is 5.97 Å². The number of hydrogen-bond donors (Lipinski definition) is 3. The van der Waals surface area contributed by atoms with Gasteiger partial charge in [0.2, 0.25) is 24.3 Å². The van der Waals surface area contributed by atoms with Gasteiger partial charge in [-0.3, -0.25) is 4.79 Å². The Hall–Kier alpha value is -2.64. The minimum absolute atomic E-state index is 0.142. The molecular formula is C13H19N3O5. The first-order valence-electron chi connectivity index (χ1n) is 6.21. The van der Waals surface area contributed by atoms with Crippen molar-refractivity contribution in [2.75, 3.05) is 6.79 Å². The molecule has 1 aliphatic rings. The summed E-state index contributed by atoms with van der Waals surface area (Å²) in [5, 5.41) is 11.0. The van der Waals surface area contributed by atoms with Gasteiger partial charge >= 0.3 is 0 Å². The molecule has 1 heterocycles. The SMILES string of the molecule is CC(=O)O.CC(C)c1ccc2c(c1ON=C(N)N)OCO2. The number of carboxylic acid groups (broad SMARTS) is 1. The highest BCUT2D eigenvalue weighted by Gasteiger charge is 2.24. The van der Waals surface area contributed by atoms with Crippen molar-refractivity contribution in [3.8, 4) is 17.2 Å². The summed E-state index contributed by atoms with van der Waals surface area (Å²) < 4.78 is 10.6. The maximum absolute atomic E-state index is 9.00. The molecule has 0 saturated heterocycles. The zero-order valence-corrected chi connectivity index (χ0v) is 12.1. The summed E-state index contributed by atoms with van der Waals surface area (Å²) in [6.45, 7) is 5.34. The van der Waals surface area contributed by atoms with Gasteiger partial charge in [-0.1, -0.05) is 19.9 Å². The Balaban J connectivity index is 0.000000491. The maximum Gasteiger partial charge on any atom is 0.300 e. The molecule has 0 saturated carbocycles. The van der Waals surface area contributed by atoms with Crippen molar-refractivity contribution in [3.05, 3.63) is 17.7 Å². The third kappa shape index (κ3) is 4.75.